The Hall–Kier alpha value is -1.93. The average molecular weight is 515 g/mol. The van der Waals surface area contributed by atoms with Gasteiger partial charge in [-0.15, -0.1) is 0 Å². The maximum absolute atomic E-state index is 13.2. The van der Waals surface area contributed by atoms with Gasteiger partial charge >= 0.3 is 11.9 Å². The van der Waals surface area contributed by atoms with E-state index in [1.165, 1.54) is 18.9 Å². The number of rotatable bonds is 5. The third-order valence-corrected chi connectivity index (χ3v) is 11.3. The Balaban J connectivity index is 1.13. The van der Waals surface area contributed by atoms with Gasteiger partial charge in [0.05, 0.1) is 16.0 Å². The van der Waals surface area contributed by atoms with Crippen LogP contribution in [-0.4, -0.2) is 37.1 Å². The first-order valence-corrected chi connectivity index (χ1v) is 15.2. The first-order valence-electron chi connectivity index (χ1n) is 13.7. The van der Waals surface area contributed by atoms with Gasteiger partial charge < -0.3 is 9.47 Å². The molecule has 194 valence electrons. The maximum atomic E-state index is 13.2. The summed E-state index contributed by atoms with van der Waals surface area (Å²) >= 11 is 0. The highest BCUT2D eigenvalue weighted by Crippen LogP contribution is 2.56. The molecule has 1 N–H and O–H groups in total. The first-order chi connectivity index (χ1) is 17.2. The summed E-state index contributed by atoms with van der Waals surface area (Å²) in [6.45, 7) is 0. The molecular weight excluding hydrogens is 480 g/mol. The van der Waals surface area contributed by atoms with Gasteiger partial charge in [-0.25, -0.2) is 9.59 Å². The van der Waals surface area contributed by atoms with Crippen molar-refractivity contribution in [1.82, 2.24) is 0 Å². The lowest BCUT2D eigenvalue weighted by Gasteiger charge is -2.53. The van der Waals surface area contributed by atoms with Crippen LogP contribution in [0.4, 0.5) is 0 Å². The number of carbonyl (C=O) groups is 2. The Bertz CT molecular complexity index is 1070. The van der Waals surface area contributed by atoms with Gasteiger partial charge in [-0.2, -0.15) is 8.42 Å². The van der Waals surface area contributed by atoms with Crippen LogP contribution < -0.4 is 0 Å². The van der Waals surface area contributed by atoms with E-state index in [-0.39, 0.29) is 23.3 Å². The smallest absolute Gasteiger partial charge is 0.338 e. The average Bonchev–Trinajstić information content (AvgIpc) is 2.81. The number of esters is 2. The molecule has 8 heteroatoms. The minimum absolute atomic E-state index is 0.0315. The molecule has 0 aliphatic heterocycles. The Labute approximate surface area is 212 Å². The lowest BCUT2D eigenvalue weighted by atomic mass is 9.55. The van der Waals surface area contributed by atoms with Crippen LogP contribution in [0.3, 0.4) is 0 Å². The molecule has 8 aliphatic carbocycles. The van der Waals surface area contributed by atoms with Gasteiger partial charge in [0.25, 0.3) is 10.1 Å². The van der Waals surface area contributed by atoms with Crippen molar-refractivity contribution < 1.29 is 32.0 Å². The van der Waals surface area contributed by atoms with Crippen molar-refractivity contribution in [2.45, 2.75) is 81.3 Å². The van der Waals surface area contributed by atoms with E-state index in [2.05, 4.69) is 0 Å². The molecule has 1 aromatic carbocycles. The minimum Gasteiger partial charge on any atom is -0.458 e. The molecule has 9 rings (SSSR count). The Morgan fingerprint density at radius 3 is 1.25 bits per heavy atom. The molecule has 0 atom stereocenters. The van der Waals surface area contributed by atoms with E-state index in [0.717, 1.165) is 87.2 Å². The summed E-state index contributed by atoms with van der Waals surface area (Å²) in [5, 5.41) is 0. The minimum atomic E-state index is -4.63. The summed E-state index contributed by atoms with van der Waals surface area (Å²) in [6, 6.07) is 3.58. The van der Waals surface area contributed by atoms with Crippen molar-refractivity contribution in [2.75, 3.05) is 0 Å². The molecule has 36 heavy (non-hydrogen) atoms. The molecule has 0 spiro atoms. The zero-order chi connectivity index (χ0) is 24.8. The second kappa shape index (κ2) is 8.29. The standard InChI is InChI=1S/C28H34O7S/c29-27(34-25-18-3-14-1-15(5-18)6-19(25)4-14)22-11-23(13-24(12-22)36(31,32)33)28(30)35-26-20-7-16-2-17(9-20)10-21(26)8-16/h11-21,25-26H,1-10H2,(H,31,32,33). The monoisotopic (exact) mass is 514 g/mol. The van der Waals surface area contributed by atoms with Gasteiger partial charge in [0.1, 0.15) is 12.2 Å². The summed E-state index contributed by atoms with van der Waals surface area (Å²) < 4.78 is 45.7. The fourth-order valence-electron chi connectivity index (χ4n) is 9.50. The molecule has 0 heterocycles. The van der Waals surface area contributed by atoms with E-state index in [9.17, 15) is 22.6 Å². The maximum Gasteiger partial charge on any atom is 0.338 e. The van der Waals surface area contributed by atoms with Crippen LogP contribution in [0.2, 0.25) is 0 Å². The van der Waals surface area contributed by atoms with E-state index < -0.39 is 27.0 Å². The van der Waals surface area contributed by atoms with Crippen LogP contribution in [0.15, 0.2) is 23.1 Å². The molecule has 0 aromatic heterocycles. The predicted octanol–water partition coefficient (Wildman–Crippen LogP) is 4.90. The Kier molecular flexibility index (Phi) is 5.34. The highest BCUT2D eigenvalue weighted by molar-refractivity contribution is 7.85. The molecule has 8 aliphatic rings. The number of benzene rings is 1. The molecular formula is C28H34O7S. The molecule has 0 amide bonds. The van der Waals surface area contributed by atoms with E-state index in [1.54, 1.807) is 0 Å². The molecule has 8 saturated carbocycles. The largest absolute Gasteiger partial charge is 0.458 e. The molecule has 7 nitrogen and oxygen atoms in total. The highest BCUT2D eigenvalue weighted by atomic mass is 32.2. The topological polar surface area (TPSA) is 107 Å². The van der Waals surface area contributed by atoms with Gasteiger partial charge in [0.15, 0.2) is 0 Å². The second-order valence-electron chi connectivity index (χ2n) is 12.8. The van der Waals surface area contributed by atoms with E-state index in [0.29, 0.717) is 23.7 Å². The van der Waals surface area contributed by atoms with Crippen molar-refractivity contribution in [3.8, 4) is 0 Å². The normalized spacial score (nSPS) is 41.9. The second-order valence-corrected chi connectivity index (χ2v) is 14.2. The van der Waals surface area contributed by atoms with Gasteiger partial charge in [-0.3, -0.25) is 4.55 Å². The third kappa shape index (κ3) is 3.99. The summed E-state index contributed by atoms with van der Waals surface area (Å²) in [4.78, 5) is 26.0. The lowest BCUT2D eigenvalue weighted by Crippen LogP contribution is -2.50. The molecule has 0 saturated heterocycles. The van der Waals surface area contributed by atoms with Crippen LogP contribution in [-0.2, 0) is 19.6 Å². The molecule has 0 radical (unpaired) electrons. The van der Waals surface area contributed by atoms with Crippen LogP contribution >= 0.6 is 0 Å². The number of carbonyl (C=O) groups excluding carboxylic acids is 2. The van der Waals surface area contributed by atoms with Crippen LogP contribution in [0, 0.1) is 47.3 Å². The lowest BCUT2D eigenvalue weighted by molar-refractivity contribution is -0.101. The SMILES string of the molecule is O=C(OC1C2CC3CC(C2)CC1C3)c1cc(C(=O)OC2C3CC4CC(C3)CC2C4)cc(S(=O)(=O)O)c1. The van der Waals surface area contributed by atoms with Crippen LogP contribution in [0.25, 0.3) is 0 Å². The van der Waals surface area contributed by atoms with Gasteiger partial charge in [-0.05, 0) is 130 Å². The number of ether oxygens (including phenoxy) is 2. The zero-order valence-corrected chi connectivity index (χ0v) is 21.2. The van der Waals surface area contributed by atoms with E-state index in [1.807, 2.05) is 0 Å². The Morgan fingerprint density at radius 2 is 0.944 bits per heavy atom. The van der Waals surface area contributed by atoms with E-state index in [4.69, 9.17) is 9.47 Å². The van der Waals surface area contributed by atoms with Crippen LogP contribution in [0.5, 0.6) is 0 Å². The first kappa shape index (κ1) is 23.2. The third-order valence-electron chi connectivity index (χ3n) is 10.4. The summed E-state index contributed by atoms with van der Waals surface area (Å²) in [7, 11) is -4.63. The van der Waals surface area contributed by atoms with Crippen molar-refractivity contribution in [1.29, 1.82) is 0 Å². The van der Waals surface area contributed by atoms with Gasteiger partial charge in [-0.1, -0.05) is 0 Å². The Morgan fingerprint density at radius 1 is 0.611 bits per heavy atom. The summed E-state index contributed by atoms with van der Waals surface area (Å²) in [5.74, 6) is 3.09. The van der Waals surface area contributed by atoms with Crippen molar-refractivity contribution in [3.63, 3.8) is 0 Å². The van der Waals surface area contributed by atoms with Gasteiger partial charge in [0.2, 0.25) is 0 Å². The predicted molar refractivity (Wildman–Crippen MR) is 129 cm³/mol. The zero-order valence-electron chi connectivity index (χ0n) is 20.4. The van der Waals surface area contributed by atoms with Gasteiger partial charge in [0, 0.05) is 0 Å². The summed E-state index contributed by atoms with van der Waals surface area (Å²) in [6.07, 6.45) is 10.9. The molecule has 1 aromatic rings. The molecule has 8 bridgehead atoms. The molecule has 0 unspecified atom stereocenters. The van der Waals surface area contributed by atoms with Crippen molar-refractivity contribution in [2.24, 2.45) is 47.3 Å². The van der Waals surface area contributed by atoms with Crippen molar-refractivity contribution >= 4 is 22.1 Å². The fraction of sp³-hybridized carbons (Fsp3) is 0.714. The van der Waals surface area contributed by atoms with Crippen LogP contribution in [0.1, 0.15) is 84.9 Å². The summed E-state index contributed by atoms with van der Waals surface area (Å²) in [5.41, 5.74) is -0.0630. The number of hydrogen-bond acceptors (Lipinski definition) is 6. The number of hydrogen-bond donors (Lipinski definition) is 1. The molecule has 8 fully saturated rings. The fourth-order valence-corrected chi connectivity index (χ4v) is 10.1. The quantitative estimate of drug-likeness (QED) is 0.440. The van der Waals surface area contributed by atoms with Crippen molar-refractivity contribution in [3.05, 3.63) is 29.3 Å². The highest BCUT2D eigenvalue weighted by Gasteiger charge is 2.51. The van der Waals surface area contributed by atoms with E-state index >= 15 is 0 Å².